The molecule has 1 aliphatic heterocycles. The minimum Gasteiger partial charge on any atom is -0.508 e. The van der Waals surface area contributed by atoms with Crippen LogP contribution in [0.5, 0.6) is 11.5 Å². The fourth-order valence-electron chi connectivity index (χ4n) is 3.86. The number of aromatic hydroxyl groups is 1. The molecule has 4 rings (SSSR count). The molecule has 1 N–H and O–H groups in total. The lowest BCUT2D eigenvalue weighted by atomic mass is 10.0. The highest BCUT2D eigenvalue weighted by atomic mass is 32.2. The number of hydrogen-bond acceptors (Lipinski definition) is 5. The molecular formula is C19H22N2O2S. The number of pyridine rings is 1. The minimum atomic E-state index is 0.328. The van der Waals surface area contributed by atoms with Gasteiger partial charge >= 0.3 is 0 Å². The van der Waals surface area contributed by atoms with E-state index < -0.39 is 0 Å². The molecular weight excluding hydrogens is 320 g/mol. The van der Waals surface area contributed by atoms with Crippen molar-refractivity contribution in [1.29, 1.82) is 0 Å². The van der Waals surface area contributed by atoms with Crippen molar-refractivity contribution in [2.45, 2.75) is 23.8 Å². The smallest absolute Gasteiger partial charge is 0.137 e. The Morgan fingerprint density at radius 1 is 1.12 bits per heavy atom. The summed E-state index contributed by atoms with van der Waals surface area (Å²) < 4.78 is 6.08. The SMILES string of the molecule is Oc1ccc(SCN2C[C@H]3C[C@@H](Oc4cccnc4)C[C@H]3C2)cc1. The van der Waals surface area contributed by atoms with Crippen molar-refractivity contribution in [1.82, 2.24) is 9.88 Å². The lowest BCUT2D eigenvalue weighted by Crippen LogP contribution is -2.24. The molecule has 0 radical (unpaired) electrons. The van der Waals surface area contributed by atoms with Gasteiger partial charge in [0.25, 0.3) is 0 Å². The number of fused-ring (bicyclic) bond motifs is 1. The van der Waals surface area contributed by atoms with Crippen LogP contribution in [0.25, 0.3) is 0 Å². The zero-order chi connectivity index (χ0) is 16.4. The van der Waals surface area contributed by atoms with Crippen molar-refractivity contribution in [3.63, 3.8) is 0 Å². The average molecular weight is 342 g/mol. The number of rotatable bonds is 5. The second kappa shape index (κ2) is 7.03. The number of likely N-dealkylation sites (tertiary alicyclic amines) is 1. The lowest BCUT2D eigenvalue weighted by molar-refractivity contribution is 0.189. The largest absolute Gasteiger partial charge is 0.508 e. The summed E-state index contributed by atoms with van der Waals surface area (Å²) in [7, 11) is 0. The summed E-state index contributed by atoms with van der Waals surface area (Å²) >= 11 is 1.84. The Balaban J connectivity index is 1.25. The van der Waals surface area contributed by atoms with Crippen LogP contribution in [0.2, 0.25) is 0 Å². The molecule has 1 aromatic carbocycles. The Labute approximate surface area is 146 Å². The molecule has 24 heavy (non-hydrogen) atoms. The Bertz CT molecular complexity index is 651. The van der Waals surface area contributed by atoms with Crippen molar-refractivity contribution in [2.75, 3.05) is 19.0 Å². The van der Waals surface area contributed by atoms with Crippen molar-refractivity contribution in [2.24, 2.45) is 11.8 Å². The number of nitrogens with zero attached hydrogens (tertiary/aromatic N) is 2. The third-order valence-electron chi connectivity index (χ3n) is 4.97. The van der Waals surface area contributed by atoms with Crippen LogP contribution in [0, 0.1) is 11.8 Å². The van der Waals surface area contributed by atoms with Crippen LogP contribution in [0.3, 0.4) is 0 Å². The van der Waals surface area contributed by atoms with Crippen LogP contribution < -0.4 is 4.74 Å². The highest BCUT2D eigenvalue weighted by molar-refractivity contribution is 7.99. The van der Waals surface area contributed by atoms with Crippen LogP contribution in [-0.4, -0.2) is 40.1 Å². The van der Waals surface area contributed by atoms with Gasteiger partial charge in [0.2, 0.25) is 0 Å². The molecule has 1 saturated carbocycles. The summed E-state index contributed by atoms with van der Waals surface area (Å²) in [5.74, 6) is 3.75. The molecule has 3 atom stereocenters. The van der Waals surface area contributed by atoms with Gasteiger partial charge in [-0.2, -0.15) is 0 Å². The number of phenolic OH excluding ortho intramolecular Hbond substituents is 1. The van der Waals surface area contributed by atoms with Crippen LogP contribution in [0.4, 0.5) is 0 Å². The standard InChI is InChI=1S/C19H22N2O2S/c22-16-3-5-19(6-4-16)24-13-21-11-14-8-18(9-15(14)12-21)23-17-2-1-7-20-10-17/h1-7,10,14-15,18,22H,8-9,11-13H2/t14-,15+,18-. The lowest BCUT2D eigenvalue weighted by Gasteiger charge is -2.19. The van der Waals surface area contributed by atoms with Gasteiger partial charge in [-0.1, -0.05) is 0 Å². The maximum absolute atomic E-state index is 9.34. The Kier molecular flexibility index (Phi) is 4.63. The van der Waals surface area contributed by atoms with Crippen LogP contribution in [-0.2, 0) is 0 Å². The van der Waals surface area contributed by atoms with Gasteiger partial charge in [-0.25, -0.2) is 0 Å². The molecule has 1 aromatic heterocycles. The van der Waals surface area contributed by atoms with Gasteiger partial charge in [0.1, 0.15) is 11.5 Å². The molecule has 2 heterocycles. The molecule has 0 unspecified atom stereocenters. The molecule has 4 nitrogen and oxygen atoms in total. The first-order chi connectivity index (χ1) is 11.8. The summed E-state index contributed by atoms with van der Waals surface area (Å²) in [6.45, 7) is 2.34. The number of aromatic nitrogens is 1. The molecule has 2 fully saturated rings. The number of benzene rings is 1. The first kappa shape index (κ1) is 15.8. The van der Waals surface area contributed by atoms with E-state index >= 15 is 0 Å². The summed E-state index contributed by atoms with van der Waals surface area (Å²) in [5, 5.41) is 9.34. The molecule has 2 aliphatic rings. The van der Waals surface area contributed by atoms with E-state index in [0.717, 1.165) is 36.3 Å². The Morgan fingerprint density at radius 3 is 2.54 bits per heavy atom. The highest BCUT2D eigenvalue weighted by Crippen LogP contribution is 2.40. The molecule has 126 valence electrons. The maximum Gasteiger partial charge on any atom is 0.137 e. The first-order valence-corrected chi connectivity index (χ1v) is 9.46. The van der Waals surface area contributed by atoms with Gasteiger partial charge in [-0.3, -0.25) is 9.88 Å². The van der Waals surface area contributed by atoms with Gasteiger partial charge in [0.15, 0.2) is 0 Å². The second-order valence-corrected chi connectivity index (χ2v) is 7.74. The van der Waals surface area contributed by atoms with E-state index in [1.165, 1.54) is 18.0 Å². The fourth-order valence-corrected chi connectivity index (χ4v) is 4.73. The number of ether oxygens (including phenoxy) is 1. The van der Waals surface area contributed by atoms with E-state index in [4.69, 9.17) is 4.74 Å². The van der Waals surface area contributed by atoms with E-state index in [1.54, 1.807) is 24.5 Å². The normalized spacial score (nSPS) is 26.4. The zero-order valence-corrected chi connectivity index (χ0v) is 14.4. The van der Waals surface area contributed by atoms with Crippen LogP contribution in [0.1, 0.15) is 12.8 Å². The van der Waals surface area contributed by atoms with Crippen molar-refractivity contribution >= 4 is 11.8 Å². The van der Waals surface area contributed by atoms with Crippen LogP contribution in [0.15, 0.2) is 53.7 Å². The predicted molar refractivity (Wildman–Crippen MR) is 95.3 cm³/mol. The molecule has 2 aromatic rings. The van der Waals surface area contributed by atoms with E-state index in [0.29, 0.717) is 11.9 Å². The minimum absolute atomic E-state index is 0.328. The topological polar surface area (TPSA) is 45.6 Å². The van der Waals surface area contributed by atoms with Crippen molar-refractivity contribution in [3.05, 3.63) is 48.8 Å². The highest BCUT2D eigenvalue weighted by Gasteiger charge is 2.41. The van der Waals surface area contributed by atoms with Crippen molar-refractivity contribution in [3.8, 4) is 11.5 Å². The van der Waals surface area contributed by atoms with E-state index in [2.05, 4.69) is 9.88 Å². The van der Waals surface area contributed by atoms with Crippen molar-refractivity contribution < 1.29 is 9.84 Å². The van der Waals surface area contributed by atoms with Gasteiger partial charge in [-0.15, -0.1) is 11.8 Å². The second-order valence-electron chi connectivity index (χ2n) is 6.72. The summed E-state index contributed by atoms with van der Waals surface area (Å²) in [4.78, 5) is 7.88. The molecule has 0 bridgehead atoms. The predicted octanol–water partition coefficient (Wildman–Crippen LogP) is 3.63. The number of hydrogen-bond donors (Lipinski definition) is 1. The Hall–Kier alpha value is -1.72. The Morgan fingerprint density at radius 2 is 1.88 bits per heavy atom. The molecule has 0 spiro atoms. The molecule has 1 saturated heterocycles. The summed E-state index contributed by atoms with van der Waals surface area (Å²) in [6, 6.07) is 11.4. The number of phenols is 1. The van der Waals surface area contributed by atoms with Gasteiger partial charge in [0.05, 0.1) is 12.3 Å². The molecule has 1 aliphatic carbocycles. The monoisotopic (exact) mass is 342 g/mol. The van der Waals surface area contributed by atoms with Crippen LogP contribution >= 0.6 is 11.8 Å². The third-order valence-corrected chi connectivity index (χ3v) is 6.07. The molecule has 5 heteroatoms. The summed E-state index contributed by atoms with van der Waals surface area (Å²) in [5.41, 5.74) is 0. The number of thioether (sulfide) groups is 1. The molecule has 0 amide bonds. The van der Waals surface area contributed by atoms with Gasteiger partial charge in [-0.05, 0) is 61.1 Å². The van der Waals surface area contributed by atoms with E-state index in [9.17, 15) is 5.11 Å². The zero-order valence-electron chi connectivity index (χ0n) is 13.5. The average Bonchev–Trinajstić information content (AvgIpc) is 3.13. The maximum atomic E-state index is 9.34. The van der Waals surface area contributed by atoms with E-state index in [-0.39, 0.29) is 0 Å². The van der Waals surface area contributed by atoms with E-state index in [1.807, 2.05) is 36.0 Å². The quantitative estimate of drug-likeness (QED) is 0.841. The summed E-state index contributed by atoms with van der Waals surface area (Å²) in [6.07, 6.45) is 6.23. The third kappa shape index (κ3) is 3.68. The fraction of sp³-hybridized carbons (Fsp3) is 0.421. The van der Waals surface area contributed by atoms with Gasteiger partial charge in [0, 0.05) is 30.1 Å². The first-order valence-electron chi connectivity index (χ1n) is 8.47. The van der Waals surface area contributed by atoms with Gasteiger partial charge < -0.3 is 9.84 Å².